The number of nitrogens with one attached hydrogen (secondary N) is 2. The molecule has 2 aromatic rings. The molecule has 0 saturated carbocycles. The molecule has 32 heavy (non-hydrogen) atoms. The number of aryl methyl sites for hydroxylation is 1. The van der Waals surface area contributed by atoms with E-state index < -0.39 is 28.6 Å². The minimum atomic E-state index is -4.01. The van der Waals surface area contributed by atoms with Crippen LogP contribution in [0, 0.1) is 6.92 Å². The van der Waals surface area contributed by atoms with Gasteiger partial charge in [-0.3, -0.25) is 9.59 Å². The summed E-state index contributed by atoms with van der Waals surface area (Å²) in [6, 6.07) is 7.62. The molecule has 9 nitrogen and oxygen atoms in total. The summed E-state index contributed by atoms with van der Waals surface area (Å²) in [5.74, 6) is -0.0905. The van der Waals surface area contributed by atoms with Crippen LogP contribution in [0.2, 0.25) is 5.02 Å². The maximum Gasteiger partial charge on any atom is 0.265 e. The number of halogens is 1. The molecule has 1 heterocycles. The van der Waals surface area contributed by atoms with E-state index in [1.165, 1.54) is 26.3 Å². The predicted octanol–water partition coefficient (Wildman–Crippen LogP) is 3.03. The molecule has 1 aliphatic rings. The normalized spacial score (nSPS) is 15.6. The van der Waals surface area contributed by atoms with Crippen molar-refractivity contribution in [2.45, 2.75) is 31.3 Å². The van der Waals surface area contributed by atoms with Gasteiger partial charge in [-0.15, -0.1) is 0 Å². The third-order valence-corrected chi connectivity index (χ3v) is 7.20. The third kappa shape index (κ3) is 4.82. The van der Waals surface area contributed by atoms with Gasteiger partial charge in [-0.1, -0.05) is 18.5 Å². The fourth-order valence-corrected chi connectivity index (χ4v) is 4.83. The number of hydrogen-bond donors (Lipinski definition) is 2. The van der Waals surface area contributed by atoms with Crippen molar-refractivity contribution in [3.8, 4) is 11.5 Å². The Kier molecular flexibility index (Phi) is 6.97. The molecule has 2 amide bonds. The Bertz CT molecular complexity index is 1170. The fourth-order valence-electron chi connectivity index (χ4n) is 3.23. The molecule has 0 aliphatic carbocycles. The number of methoxy groups -OCH3 is 1. The molecule has 172 valence electrons. The van der Waals surface area contributed by atoms with Crippen LogP contribution >= 0.6 is 11.6 Å². The summed E-state index contributed by atoms with van der Waals surface area (Å²) < 4.78 is 38.0. The van der Waals surface area contributed by atoms with E-state index in [9.17, 15) is 18.0 Å². The van der Waals surface area contributed by atoms with Gasteiger partial charge < -0.3 is 20.1 Å². The van der Waals surface area contributed by atoms with E-state index in [0.717, 1.165) is 4.31 Å². The summed E-state index contributed by atoms with van der Waals surface area (Å²) in [5, 5.41) is 5.65. The lowest BCUT2D eigenvalue weighted by atomic mass is 10.1. The van der Waals surface area contributed by atoms with Crippen molar-refractivity contribution in [2.24, 2.45) is 0 Å². The number of nitrogens with zero attached hydrogens (tertiary/aromatic N) is 1. The minimum absolute atomic E-state index is 0.00922. The number of rotatable bonds is 7. The van der Waals surface area contributed by atoms with Crippen LogP contribution in [0.25, 0.3) is 0 Å². The molecular weight excluding hydrogens is 458 g/mol. The average Bonchev–Trinajstić information content (AvgIpc) is 2.72. The number of anilines is 2. The molecule has 0 unspecified atom stereocenters. The monoisotopic (exact) mass is 481 g/mol. The maximum absolute atomic E-state index is 13.1. The van der Waals surface area contributed by atoms with E-state index in [1.807, 2.05) is 0 Å². The molecule has 0 radical (unpaired) electrons. The van der Waals surface area contributed by atoms with Gasteiger partial charge in [0.25, 0.3) is 5.91 Å². The number of amides is 2. The highest BCUT2D eigenvalue weighted by Gasteiger charge is 2.31. The first-order chi connectivity index (χ1) is 15.1. The smallest absolute Gasteiger partial charge is 0.265 e. The zero-order chi connectivity index (χ0) is 23.6. The number of sulfonamides is 1. The summed E-state index contributed by atoms with van der Waals surface area (Å²) >= 11 is 6.06. The van der Waals surface area contributed by atoms with Gasteiger partial charge in [-0.05, 0) is 43.2 Å². The zero-order valence-corrected chi connectivity index (χ0v) is 19.6. The highest BCUT2D eigenvalue weighted by Crippen LogP contribution is 2.35. The Balaban J connectivity index is 1.78. The molecule has 0 fully saturated rings. The van der Waals surface area contributed by atoms with Crippen molar-refractivity contribution in [1.82, 2.24) is 4.31 Å². The quantitative estimate of drug-likeness (QED) is 0.628. The largest absolute Gasteiger partial charge is 0.495 e. The number of hydrogen-bond acceptors (Lipinski definition) is 6. The highest BCUT2D eigenvalue weighted by atomic mass is 35.5. The topological polar surface area (TPSA) is 114 Å². The van der Waals surface area contributed by atoms with Gasteiger partial charge in [-0.2, -0.15) is 4.31 Å². The number of carbonyl (C=O) groups is 2. The fraction of sp³-hybridized carbons (Fsp3) is 0.333. The van der Waals surface area contributed by atoms with E-state index in [4.69, 9.17) is 21.1 Å². The van der Waals surface area contributed by atoms with Gasteiger partial charge in [0.2, 0.25) is 15.9 Å². The molecule has 1 aliphatic heterocycles. The molecule has 3 rings (SSSR count). The van der Waals surface area contributed by atoms with E-state index in [0.29, 0.717) is 34.1 Å². The molecule has 11 heteroatoms. The van der Waals surface area contributed by atoms with Gasteiger partial charge in [-0.25, -0.2) is 8.42 Å². The molecular formula is C21H24ClN3O6S. The van der Waals surface area contributed by atoms with Crippen LogP contribution in [0.4, 0.5) is 11.4 Å². The standard InChI is InChI=1S/C21H24ClN3O6S/c1-5-16-21(27)24-15-8-12(2)19(10-18(15)31-16)32(28,29)25(3)11-20(26)23-13-6-7-17(30-4)14(22)9-13/h6-10,16H,5,11H2,1-4H3,(H,23,26)(H,24,27)/t16-/m0/s1. The van der Waals surface area contributed by atoms with Gasteiger partial charge in [0.15, 0.2) is 6.10 Å². The first-order valence-corrected chi connectivity index (χ1v) is 11.6. The Morgan fingerprint density at radius 2 is 2.03 bits per heavy atom. The number of carbonyl (C=O) groups excluding carboxylic acids is 2. The second kappa shape index (κ2) is 9.35. The lowest BCUT2D eigenvalue weighted by Gasteiger charge is -2.27. The van der Waals surface area contributed by atoms with Crippen LogP contribution in [0.5, 0.6) is 11.5 Å². The molecule has 1 atom stereocenters. The number of benzene rings is 2. The van der Waals surface area contributed by atoms with Crippen LogP contribution < -0.4 is 20.1 Å². The Hall–Kier alpha value is -2.82. The van der Waals surface area contributed by atoms with Crippen molar-refractivity contribution < 1.29 is 27.5 Å². The SMILES string of the molecule is CC[C@@H]1Oc2cc(S(=O)(=O)N(C)CC(=O)Nc3ccc(OC)c(Cl)c3)c(C)cc2NC1=O. The van der Waals surface area contributed by atoms with E-state index in [2.05, 4.69) is 10.6 Å². The van der Waals surface area contributed by atoms with Crippen LogP contribution in [0.1, 0.15) is 18.9 Å². The Morgan fingerprint density at radius 3 is 2.66 bits per heavy atom. The van der Waals surface area contributed by atoms with Crippen molar-refractivity contribution in [3.05, 3.63) is 40.9 Å². The molecule has 0 saturated heterocycles. The molecule has 0 bridgehead atoms. The summed E-state index contributed by atoms with van der Waals surface area (Å²) in [7, 11) is -1.23. The van der Waals surface area contributed by atoms with E-state index in [-0.39, 0.29) is 16.6 Å². The van der Waals surface area contributed by atoms with E-state index in [1.54, 1.807) is 32.0 Å². The lowest BCUT2D eigenvalue weighted by Crippen LogP contribution is -2.37. The van der Waals surface area contributed by atoms with Crippen LogP contribution in [0.15, 0.2) is 35.2 Å². The van der Waals surface area contributed by atoms with Crippen molar-refractivity contribution >= 4 is 44.8 Å². The Morgan fingerprint density at radius 1 is 1.31 bits per heavy atom. The van der Waals surface area contributed by atoms with Crippen LogP contribution in [0.3, 0.4) is 0 Å². The van der Waals surface area contributed by atoms with Gasteiger partial charge in [0, 0.05) is 18.8 Å². The van der Waals surface area contributed by atoms with E-state index >= 15 is 0 Å². The molecule has 0 spiro atoms. The average molecular weight is 482 g/mol. The molecule has 2 N–H and O–H groups in total. The zero-order valence-electron chi connectivity index (χ0n) is 18.1. The van der Waals surface area contributed by atoms with Crippen molar-refractivity contribution in [1.29, 1.82) is 0 Å². The first-order valence-electron chi connectivity index (χ1n) is 9.78. The lowest BCUT2D eigenvalue weighted by molar-refractivity contribution is -0.123. The summed E-state index contributed by atoms with van der Waals surface area (Å²) in [6.07, 6.45) is -0.253. The molecule has 0 aromatic heterocycles. The van der Waals surface area contributed by atoms with Crippen molar-refractivity contribution in [2.75, 3.05) is 31.3 Å². The second-order valence-electron chi connectivity index (χ2n) is 7.28. The summed E-state index contributed by atoms with van der Waals surface area (Å²) in [6.45, 7) is 2.99. The Labute approximate surface area is 191 Å². The summed E-state index contributed by atoms with van der Waals surface area (Å²) in [5.41, 5.74) is 1.23. The maximum atomic E-state index is 13.1. The first kappa shape index (κ1) is 23.8. The second-order valence-corrected chi connectivity index (χ2v) is 9.70. The van der Waals surface area contributed by atoms with Gasteiger partial charge >= 0.3 is 0 Å². The summed E-state index contributed by atoms with van der Waals surface area (Å²) in [4.78, 5) is 24.4. The van der Waals surface area contributed by atoms with Crippen molar-refractivity contribution in [3.63, 3.8) is 0 Å². The van der Waals surface area contributed by atoms with Gasteiger partial charge in [0.1, 0.15) is 11.5 Å². The highest BCUT2D eigenvalue weighted by molar-refractivity contribution is 7.89. The predicted molar refractivity (Wildman–Crippen MR) is 121 cm³/mol. The number of ether oxygens (including phenoxy) is 2. The van der Waals surface area contributed by atoms with Crippen LogP contribution in [-0.4, -0.2) is 51.3 Å². The van der Waals surface area contributed by atoms with Gasteiger partial charge in [0.05, 0.1) is 29.3 Å². The molecule has 2 aromatic carbocycles. The third-order valence-electron chi connectivity index (χ3n) is 4.96. The van der Waals surface area contributed by atoms with Crippen LogP contribution in [-0.2, 0) is 19.6 Å². The number of fused-ring (bicyclic) bond motifs is 1. The minimum Gasteiger partial charge on any atom is -0.495 e. The number of likely N-dealkylation sites (N-methyl/N-ethyl adjacent to an activating group) is 1.